The molecule has 0 aromatic carbocycles. The smallest absolute Gasteiger partial charge is 0.147 e. The molecule has 0 saturated heterocycles. The Morgan fingerprint density at radius 1 is 1.41 bits per heavy atom. The number of thiazole rings is 1. The lowest BCUT2D eigenvalue weighted by molar-refractivity contribution is 0.540. The van der Waals surface area contributed by atoms with Crippen LogP contribution in [0.4, 0.5) is 0 Å². The van der Waals surface area contributed by atoms with Crippen molar-refractivity contribution in [3.63, 3.8) is 0 Å². The summed E-state index contributed by atoms with van der Waals surface area (Å²) >= 11 is 1.68. The molecule has 6 heteroatoms. The molecule has 0 bridgehead atoms. The van der Waals surface area contributed by atoms with Crippen LogP contribution in [0.3, 0.4) is 0 Å². The van der Waals surface area contributed by atoms with Crippen molar-refractivity contribution in [3.05, 3.63) is 15.6 Å². The van der Waals surface area contributed by atoms with Crippen molar-refractivity contribution in [1.29, 1.82) is 0 Å². The molecule has 1 heterocycles. The number of rotatable bonds is 6. The molecule has 0 radical (unpaired) electrons. The second kappa shape index (κ2) is 5.93. The number of hydrogen-bond acceptors (Lipinski definition) is 5. The van der Waals surface area contributed by atoms with E-state index in [0.717, 1.165) is 17.1 Å². The van der Waals surface area contributed by atoms with Crippen molar-refractivity contribution >= 4 is 21.2 Å². The summed E-state index contributed by atoms with van der Waals surface area (Å²) in [5.41, 5.74) is 1.05. The summed E-state index contributed by atoms with van der Waals surface area (Å²) in [6.07, 6.45) is 2.79. The molecule has 0 aliphatic heterocycles. The predicted molar refractivity (Wildman–Crippen MR) is 72.3 cm³/mol. The number of aromatic nitrogens is 1. The molecule has 4 nitrogen and oxygen atoms in total. The van der Waals surface area contributed by atoms with Gasteiger partial charge >= 0.3 is 0 Å². The van der Waals surface area contributed by atoms with Crippen LogP contribution in [0, 0.1) is 13.8 Å². The maximum atomic E-state index is 11.1. The Labute approximate surface area is 107 Å². The van der Waals surface area contributed by atoms with E-state index in [9.17, 15) is 8.42 Å². The normalized spacial score (nSPS) is 13.9. The first-order chi connectivity index (χ1) is 7.83. The van der Waals surface area contributed by atoms with Crippen LogP contribution in [0.15, 0.2) is 0 Å². The van der Waals surface area contributed by atoms with Crippen LogP contribution in [0.25, 0.3) is 0 Å². The van der Waals surface area contributed by atoms with Gasteiger partial charge in [0.05, 0.1) is 10.7 Å². The van der Waals surface area contributed by atoms with E-state index in [4.69, 9.17) is 0 Å². The number of nitrogens with zero attached hydrogens (tertiary/aromatic N) is 1. The summed E-state index contributed by atoms with van der Waals surface area (Å²) in [7, 11) is -0.953. The largest absolute Gasteiger partial charge is 0.312 e. The van der Waals surface area contributed by atoms with Gasteiger partial charge in [-0.1, -0.05) is 0 Å². The average Bonchev–Trinajstić information content (AvgIpc) is 2.51. The number of hydrogen-bond donors (Lipinski definition) is 1. The fourth-order valence-electron chi connectivity index (χ4n) is 1.83. The molecular weight excluding hydrogens is 256 g/mol. The van der Waals surface area contributed by atoms with Gasteiger partial charge in [0.1, 0.15) is 9.84 Å². The van der Waals surface area contributed by atoms with Gasteiger partial charge in [0, 0.05) is 22.9 Å². The van der Waals surface area contributed by atoms with Gasteiger partial charge in [-0.3, -0.25) is 0 Å². The predicted octanol–water partition coefficient (Wildman–Crippen LogP) is 1.85. The first-order valence-electron chi connectivity index (χ1n) is 5.62. The monoisotopic (exact) mass is 276 g/mol. The van der Waals surface area contributed by atoms with E-state index in [1.165, 1.54) is 11.1 Å². The molecule has 1 atom stereocenters. The lowest BCUT2D eigenvalue weighted by atomic mass is 10.1. The summed E-state index contributed by atoms with van der Waals surface area (Å²) in [5, 5.41) is 4.29. The Morgan fingerprint density at radius 2 is 2.06 bits per heavy atom. The van der Waals surface area contributed by atoms with Crippen LogP contribution in [-0.4, -0.2) is 32.5 Å². The zero-order valence-corrected chi connectivity index (χ0v) is 12.4. The van der Waals surface area contributed by atoms with Crippen molar-refractivity contribution < 1.29 is 8.42 Å². The Hall–Kier alpha value is -0.460. The maximum absolute atomic E-state index is 11.1. The zero-order valence-electron chi connectivity index (χ0n) is 10.8. The van der Waals surface area contributed by atoms with Crippen LogP contribution in [-0.2, 0) is 9.84 Å². The first kappa shape index (κ1) is 14.6. The molecule has 1 N–H and O–H groups in total. The molecule has 1 aromatic heterocycles. The number of nitrogens with one attached hydrogen (secondary N) is 1. The third-order valence-corrected chi connectivity index (χ3v) is 4.83. The lowest BCUT2D eigenvalue weighted by Crippen LogP contribution is -2.17. The van der Waals surface area contributed by atoms with Crippen LogP contribution >= 0.6 is 11.3 Å². The van der Waals surface area contributed by atoms with Gasteiger partial charge in [0.25, 0.3) is 0 Å². The molecule has 0 fully saturated rings. The summed E-state index contributed by atoms with van der Waals surface area (Å²) in [6, 6.07) is 0.211. The molecule has 0 spiro atoms. The molecule has 1 unspecified atom stereocenters. The highest BCUT2D eigenvalue weighted by atomic mass is 32.2. The van der Waals surface area contributed by atoms with E-state index < -0.39 is 9.84 Å². The second-order valence-electron chi connectivity index (χ2n) is 4.30. The quantitative estimate of drug-likeness (QED) is 0.861. The average molecular weight is 276 g/mol. The highest BCUT2D eigenvalue weighted by molar-refractivity contribution is 7.90. The van der Waals surface area contributed by atoms with E-state index in [0.29, 0.717) is 6.42 Å². The van der Waals surface area contributed by atoms with Crippen LogP contribution < -0.4 is 5.32 Å². The van der Waals surface area contributed by atoms with E-state index >= 15 is 0 Å². The minimum atomic E-state index is -2.86. The molecule has 0 saturated carbocycles. The Balaban J connectivity index is 2.63. The summed E-state index contributed by atoms with van der Waals surface area (Å²) < 4.78 is 22.2. The topological polar surface area (TPSA) is 59.1 Å². The first-order valence-corrected chi connectivity index (χ1v) is 8.50. The molecule has 98 valence electrons. The maximum Gasteiger partial charge on any atom is 0.147 e. The molecule has 17 heavy (non-hydrogen) atoms. The van der Waals surface area contributed by atoms with Crippen LogP contribution in [0.1, 0.15) is 34.5 Å². The van der Waals surface area contributed by atoms with Gasteiger partial charge in [-0.05, 0) is 33.7 Å². The highest BCUT2D eigenvalue weighted by Gasteiger charge is 2.16. The van der Waals surface area contributed by atoms with Crippen molar-refractivity contribution in [1.82, 2.24) is 10.3 Å². The van der Waals surface area contributed by atoms with Gasteiger partial charge in [-0.15, -0.1) is 11.3 Å². The van der Waals surface area contributed by atoms with E-state index in [-0.39, 0.29) is 11.8 Å². The van der Waals surface area contributed by atoms with Gasteiger partial charge < -0.3 is 5.32 Å². The highest BCUT2D eigenvalue weighted by Crippen LogP contribution is 2.27. The van der Waals surface area contributed by atoms with E-state index in [1.54, 1.807) is 11.3 Å². The summed E-state index contributed by atoms with van der Waals surface area (Å²) in [4.78, 5) is 5.62. The minimum absolute atomic E-state index is 0.211. The standard InChI is InChI=1S/C11H20N2O2S2/c1-8-11(16-9(2)13-8)10(12-3)6-5-7-17(4,14)15/h10,12H,5-7H2,1-4H3. The van der Waals surface area contributed by atoms with Gasteiger partial charge in [-0.25, -0.2) is 13.4 Å². The lowest BCUT2D eigenvalue weighted by Gasteiger charge is -2.14. The van der Waals surface area contributed by atoms with Gasteiger partial charge in [0.15, 0.2) is 0 Å². The minimum Gasteiger partial charge on any atom is -0.312 e. The third-order valence-electron chi connectivity index (χ3n) is 2.61. The Morgan fingerprint density at radius 3 is 2.47 bits per heavy atom. The fourth-order valence-corrected chi connectivity index (χ4v) is 3.59. The van der Waals surface area contributed by atoms with E-state index in [1.807, 2.05) is 20.9 Å². The fraction of sp³-hybridized carbons (Fsp3) is 0.727. The Bertz CT molecular complexity index is 466. The zero-order chi connectivity index (χ0) is 13.1. The van der Waals surface area contributed by atoms with Gasteiger partial charge in [-0.2, -0.15) is 0 Å². The van der Waals surface area contributed by atoms with Crippen molar-refractivity contribution in [2.24, 2.45) is 0 Å². The molecule has 1 aromatic rings. The molecule has 0 amide bonds. The number of aryl methyl sites for hydroxylation is 2. The third kappa shape index (κ3) is 4.73. The van der Waals surface area contributed by atoms with Crippen molar-refractivity contribution in [2.75, 3.05) is 19.1 Å². The SMILES string of the molecule is CNC(CCCS(C)(=O)=O)c1sc(C)nc1C. The molecule has 0 aliphatic carbocycles. The van der Waals surface area contributed by atoms with Crippen LogP contribution in [0.2, 0.25) is 0 Å². The number of sulfone groups is 1. The van der Waals surface area contributed by atoms with Crippen molar-refractivity contribution in [3.8, 4) is 0 Å². The van der Waals surface area contributed by atoms with Crippen molar-refractivity contribution in [2.45, 2.75) is 32.7 Å². The van der Waals surface area contributed by atoms with Crippen LogP contribution in [0.5, 0.6) is 0 Å². The molecule has 1 rings (SSSR count). The summed E-state index contributed by atoms with van der Waals surface area (Å²) in [5.74, 6) is 0.252. The van der Waals surface area contributed by atoms with E-state index in [2.05, 4.69) is 10.3 Å². The molecular formula is C11H20N2O2S2. The van der Waals surface area contributed by atoms with Gasteiger partial charge in [0.2, 0.25) is 0 Å². The second-order valence-corrected chi connectivity index (χ2v) is 7.79. The Kier molecular flexibility index (Phi) is 5.09. The molecule has 0 aliphatic rings. The summed E-state index contributed by atoms with van der Waals surface area (Å²) in [6.45, 7) is 3.99.